The van der Waals surface area contributed by atoms with Crippen LogP contribution in [0.3, 0.4) is 0 Å². The molecule has 17 heavy (non-hydrogen) atoms. The number of aldehydes is 1. The normalized spacial score (nSPS) is 51.9. The van der Waals surface area contributed by atoms with Gasteiger partial charge < -0.3 is 9.53 Å². The Hall–Kier alpha value is -0.370. The molecule has 96 valence electrons. The molecule has 5 atom stereocenters. The van der Waals surface area contributed by atoms with Gasteiger partial charge in [0.25, 0.3) is 0 Å². The smallest absolute Gasteiger partial charge is 0.125 e. The maximum atomic E-state index is 11.4. The van der Waals surface area contributed by atoms with Crippen LogP contribution >= 0.6 is 0 Å². The van der Waals surface area contributed by atoms with Crippen molar-refractivity contribution in [1.82, 2.24) is 0 Å². The van der Waals surface area contributed by atoms with E-state index in [1.54, 1.807) is 0 Å². The van der Waals surface area contributed by atoms with Gasteiger partial charge in [0.2, 0.25) is 0 Å². The molecule has 1 spiro atoms. The highest BCUT2D eigenvalue weighted by molar-refractivity contribution is 5.57. The average Bonchev–Trinajstić information content (AvgIpc) is 2.68. The third-order valence-electron chi connectivity index (χ3n) is 5.87. The van der Waals surface area contributed by atoms with Crippen molar-refractivity contribution in [3.05, 3.63) is 0 Å². The molecule has 2 saturated carbocycles. The summed E-state index contributed by atoms with van der Waals surface area (Å²) in [4.78, 5) is 11.4. The van der Waals surface area contributed by atoms with E-state index in [1.807, 2.05) is 0 Å². The maximum absolute atomic E-state index is 11.4. The lowest BCUT2D eigenvalue weighted by Gasteiger charge is -2.40. The number of hydrogen-bond acceptors (Lipinski definition) is 2. The summed E-state index contributed by atoms with van der Waals surface area (Å²) in [5.41, 5.74) is -0.129. The van der Waals surface area contributed by atoms with Gasteiger partial charge in [-0.25, -0.2) is 0 Å². The predicted molar refractivity (Wildman–Crippen MR) is 66.7 cm³/mol. The standard InChI is InChI=1S/C15H24O2/c1-10-4-5-11-8-15(17-14(11,2)3)12(9-16)6-7-13(10)15/h9-13H,4-8H2,1-3H3. The quantitative estimate of drug-likeness (QED) is 0.654. The van der Waals surface area contributed by atoms with Crippen LogP contribution in [-0.4, -0.2) is 17.5 Å². The Morgan fingerprint density at radius 2 is 1.94 bits per heavy atom. The third-order valence-corrected chi connectivity index (χ3v) is 5.87. The minimum absolute atomic E-state index is 0.0238. The summed E-state index contributed by atoms with van der Waals surface area (Å²) in [5.74, 6) is 2.14. The van der Waals surface area contributed by atoms with Crippen LogP contribution in [-0.2, 0) is 9.53 Å². The average molecular weight is 236 g/mol. The lowest BCUT2D eigenvalue weighted by Crippen LogP contribution is -2.44. The van der Waals surface area contributed by atoms with Crippen LogP contribution < -0.4 is 0 Å². The molecule has 1 aliphatic heterocycles. The van der Waals surface area contributed by atoms with E-state index in [4.69, 9.17) is 4.74 Å². The number of fused-ring (bicyclic) bond motifs is 1. The van der Waals surface area contributed by atoms with Crippen LogP contribution in [0.5, 0.6) is 0 Å². The summed E-state index contributed by atoms with van der Waals surface area (Å²) in [5, 5.41) is 0. The van der Waals surface area contributed by atoms with Crippen LogP contribution in [0.4, 0.5) is 0 Å². The minimum atomic E-state index is -0.105. The second-order valence-corrected chi connectivity index (χ2v) is 7.04. The van der Waals surface area contributed by atoms with E-state index in [9.17, 15) is 4.79 Å². The Kier molecular flexibility index (Phi) is 2.46. The highest BCUT2D eigenvalue weighted by Gasteiger charge is 2.62. The number of carbonyl (C=O) groups is 1. The zero-order valence-corrected chi connectivity index (χ0v) is 11.2. The van der Waals surface area contributed by atoms with Crippen molar-refractivity contribution >= 4 is 6.29 Å². The molecule has 2 nitrogen and oxygen atoms in total. The van der Waals surface area contributed by atoms with E-state index < -0.39 is 0 Å². The fourth-order valence-electron chi connectivity index (χ4n) is 4.89. The second-order valence-electron chi connectivity index (χ2n) is 7.04. The molecule has 2 heteroatoms. The van der Waals surface area contributed by atoms with Crippen molar-refractivity contribution in [3.8, 4) is 0 Å². The Morgan fingerprint density at radius 1 is 1.18 bits per heavy atom. The fraction of sp³-hybridized carbons (Fsp3) is 0.933. The molecule has 0 radical (unpaired) electrons. The summed E-state index contributed by atoms with van der Waals surface area (Å²) < 4.78 is 6.51. The van der Waals surface area contributed by atoms with Gasteiger partial charge in [0.15, 0.2) is 0 Å². The third kappa shape index (κ3) is 1.46. The molecule has 3 aliphatic rings. The summed E-state index contributed by atoms with van der Waals surface area (Å²) in [7, 11) is 0. The predicted octanol–water partition coefficient (Wildman–Crippen LogP) is 3.20. The van der Waals surface area contributed by atoms with Gasteiger partial charge in [0, 0.05) is 5.92 Å². The maximum Gasteiger partial charge on any atom is 0.125 e. The molecule has 2 aliphatic carbocycles. The fourth-order valence-corrected chi connectivity index (χ4v) is 4.89. The van der Waals surface area contributed by atoms with Gasteiger partial charge in [0.05, 0.1) is 11.2 Å². The lowest BCUT2D eigenvalue weighted by molar-refractivity contribution is -0.153. The van der Waals surface area contributed by atoms with Gasteiger partial charge >= 0.3 is 0 Å². The van der Waals surface area contributed by atoms with Crippen molar-refractivity contribution in [1.29, 1.82) is 0 Å². The van der Waals surface area contributed by atoms with Crippen molar-refractivity contribution < 1.29 is 9.53 Å². The first-order valence-electron chi connectivity index (χ1n) is 7.15. The molecule has 0 aromatic heterocycles. The molecule has 1 heterocycles. The molecule has 0 N–H and O–H groups in total. The molecule has 5 unspecified atom stereocenters. The number of rotatable bonds is 1. The van der Waals surface area contributed by atoms with Crippen LogP contribution in [0.1, 0.15) is 52.9 Å². The van der Waals surface area contributed by atoms with Gasteiger partial charge in [-0.2, -0.15) is 0 Å². The van der Waals surface area contributed by atoms with Crippen LogP contribution in [0.25, 0.3) is 0 Å². The molecule has 0 aromatic rings. The van der Waals surface area contributed by atoms with Crippen molar-refractivity contribution in [2.75, 3.05) is 0 Å². The van der Waals surface area contributed by atoms with Gasteiger partial charge in [0.1, 0.15) is 6.29 Å². The molecule has 0 aromatic carbocycles. The van der Waals surface area contributed by atoms with Crippen molar-refractivity contribution in [2.45, 2.75) is 64.1 Å². The van der Waals surface area contributed by atoms with Crippen molar-refractivity contribution in [2.24, 2.45) is 23.7 Å². The van der Waals surface area contributed by atoms with E-state index in [1.165, 1.54) is 25.5 Å². The number of hydrogen-bond donors (Lipinski definition) is 0. The van der Waals surface area contributed by atoms with Crippen LogP contribution in [0.15, 0.2) is 0 Å². The monoisotopic (exact) mass is 236 g/mol. The first kappa shape index (κ1) is 11.7. The first-order chi connectivity index (χ1) is 7.99. The van der Waals surface area contributed by atoms with Crippen LogP contribution in [0.2, 0.25) is 0 Å². The van der Waals surface area contributed by atoms with E-state index in [0.29, 0.717) is 11.8 Å². The zero-order valence-electron chi connectivity index (χ0n) is 11.2. The molecule has 0 amide bonds. The number of ether oxygens (including phenoxy) is 1. The molecule has 3 rings (SSSR count). The Morgan fingerprint density at radius 3 is 2.65 bits per heavy atom. The summed E-state index contributed by atoms with van der Waals surface area (Å²) in [6.07, 6.45) is 7.12. The molecular formula is C15H24O2. The second kappa shape index (κ2) is 3.57. The molecule has 3 fully saturated rings. The van der Waals surface area contributed by atoms with Crippen LogP contribution in [0, 0.1) is 23.7 Å². The molecular weight excluding hydrogens is 212 g/mol. The lowest BCUT2D eigenvalue weighted by atomic mass is 9.77. The van der Waals surface area contributed by atoms with E-state index >= 15 is 0 Å². The highest BCUT2D eigenvalue weighted by atomic mass is 16.5. The molecule has 2 bridgehead atoms. The Labute approximate surface area is 104 Å². The summed E-state index contributed by atoms with van der Waals surface area (Å²) in [6.45, 7) is 6.80. The Bertz CT molecular complexity index is 336. The number of carbonyl (C=O) groups excluding carboxylic acids is 1. The topological polar surface area (TPSA) is 26.3 Å². The largest absolute Gasteiger partial charge is 0.368 e. The SMILES string of the molecule is CC1CCC2CC3(OC2(C)C)C(C=O)CCC13. The van der Waals surface area contributed by atoms with E-state index in [2.05, 4.69) is 20.8 Å². The zero-order chi connectivity index (χ0) is 12.3. The summed E-state index contributed by atoms with van der Waals surface area (Å²) in [6, 6.07) is 0. The van der Waals surface area contributed by atoms with E-state index in [0.717, 1.165) is 18.8 Å². The van der Waals surface area contributed by atoms with Gasteiger partial charge in [-0.3, -0.25) is 0 Å². The molecule has 1 saturated heterocycles. The van der Waals surface area contributed by atoms with Crippen molar-refractivity contribution in [3.63, 3.8) is 0 Å². The Balaban J connectivity index is 2.03. The minimum Gasteiger partial charge on any atom is -0.368 e. The highest BCUT2D eigenvalue weighted by Crippen LogP contribution is 2.60. The van der Waals surface area contributed by atoms with Gasteiger partial charge in [-0.05, 0) is 63.7 Å². The van der Waals surface area contributed by atoms with Gasteiger partial charge in [-0.15, -0.1) is 0 Å². The first-order valence-corrected chi connectivity index (χ1v) is 7.15. The van der Waals surface area contributed by atoms with Gasteiger partial charge in [-0.1, -0.05) is 6.92 Å². The van der Waals surface area contributed by atoms with E-state index in [-0.39, 0.29) is 17.1 Å². The summed E-state index contributed by atoms with van der Waals surface area (Å²) >= 11 is 0.